The number of pyridine rings is 2. The first-order valence-electron chi connectivity index (χ1n) is 9.59. The van der Waals surface area contributed by atoms with Crippen LogP contribution in [0.5, 0.6) is 0 Å². The van der Waals surface area contributed by atoms with Crippen LogP contribution in [0.4, 0.5) is 11.4 Å². The molecule has 10 nitrogen and oxygen atoms in total. The minimum atomic E-state index is -1.31. The Labute approximate surface area is 186 Å². The Balaban J connectivity index is 1.84. The van der Waals surface area contributed by atoms with Crippen molar-refractivity contribution in [3.8, 4) is 0 Å². The summed E-state index contributed by atoms with van der Waals surface area (Å²) in [4.78, 5) is 52.6. The summed E-state index contributed by atoms with van der Waals surface area (Å²) < 4.78 is 6.83. The number of benzene rings is 1. The van der Waals surface area contributed by atoms with Gasteiger partial charge < -0.3 is 14.6 Å². The second kappa shape index (κ2) is 9.15. The van der Waals surface area contributed by atoms with E-state index >= 15 is 0 Å². The van der Waals surface area contributed by atoms with E-state index in [-0.39, 0.29) is 27.3 Å². The van der Waals surface area contributed by atoms with E-state index < -0.39 is 28.3 Å². The topological polar surface area (TPSA) is 133 Å². The molecule has 0 saturated heterocycles. The van der Waals surface area contributed by atoms with Gasteiger partial charge in [-0.1, -0.05) is 11.6 Å². The number of hydrogen-bond acceptors (Lipinski definition) is 7. The molecule has 0 bridgehead atoms. The highest BCUT2D eigenvalue weighted by Gasteiger charge is 2.24. The molecule has 0 aliphatic rings. The largest absolute Gasteiger partial charge is 0.449 e. The number of halogens is 1. The molecule has 1 aromatic carbocycles. The summed E-state index contributed by atoms with van der Waals surface area (Å²) >= 11 is 5.98. The number of aryl methyl sites for hydroxylation is 2. The monoisotopic (exact) mass is 458 g/mol. The Kier molecular flexibility index (Phi) is 6.54. The number of nitro groups is 1. The Morgan fingerprint density at radius 3 is 2.69 bits per heavy atom. The molecule has 1 amide bonds. The summed E-state index contributed by atoms with van der Waals surface area (Å²) in [6.07, 6.45) is 0.0424. The van der Waals surface area contributed by atoms with E-state index in [0.29, 0.717) is 12.2 Å². The van der Waals surface area contributed by atoms with Crippen molar-refractivity contribution < 1.29 is 19.2 Å². The van der Waals surface area contributed by atoms with Gasteiger partial charge in [0.05, 0.1) is 21.0 Å². The summed E-state index contributed by atoms with van der Waals surface area (Å²) in [6, 6.07) is 6.80. The number of rotatable bonds is 6. The summed E-state index contributed by atoms with van der Waals surface area (Å²) in [7, 11) is 0. The first kappa shape index (κ1) is 22.9. The molecule has 3 aromatic rings. The molecule has 1 unspecified atom stereocenters. The highest BCUT2D eigenvalue weighted by Crippen LogP contribution is 2.27. The third-order valence-electron chi connectivity index (χ3n) is 4.69. The maximum absolute atomic E-state index is 12.8. The van der Waals surface area contributed by atoms with Crippen molar-refractivity contribution in [3.05, 3.63) is 73.1 Å². The second-order valence-corrected chi connectivity index (χ2v) is 7.35. The molecular formula is C21H19ClN4O6. The van der Waals surface area contributed by atoms with Gasteiger partial charge in [-0.2, -0.15) is 0 Å². The lowest BCUT2D eigenvalue weighted by atomic mass is 10.2. The Bertz CT molecular complexity index is 1300. The number of amides is 1. The van der Waals surface area contributed by atoms with E-state index in [0.717, 1.165) is 11.8 Å². The molecule has 2 heterocycles. The second-order valence-electron chi connectivity index (χ2n) is 6.94. The number of hydrogen-bond donors (Lipinski definition) is 1. The van der Waals surface area contributed by atoms with Crippen molar-refractivity contribution in [1.29, 1.82) is 0 Å². The Hall–Kier alpha value is -3.79. The maximum Gasteiger partial charge on any atom is 0.344 e. The van der Waals surface area contributed by atoms with Crippen molar-refractivity contribution in [1.82, 2.24) is 9.55 Å². The number of nitrogens with one attached hydrogen (secondary N) is 1. The van der Waals surface area contributed by atoms with Crippen molar-refractivity contribution in [2.45, 2.75) is 33.4 Å². The number of nitrogens with zero attached hydrogens (tertiary/aromatic N) is 3. The third-order valence-corrected chi connectivity index (χ3v) is 5.02. The molecule has 3 rings (SSSR count). The number of ether oxygens (including phenoxy) is 1. The van der Waals surface area contributed by atoms with Gasteiger partial charge >= 0.3 is 5.97 Å². The van der Waals surface area contributed by atoms with Crippen LogP contribution in [0.3, 0.4) is 0 Å². The molecule has 0 fully saturated rings. The number of anilines is 1. The van der Waals surface area contributed by atoms with Crippen molar-refractivity contribution in [2.24, 2.45) is 0 Å². The number of non-ortho nitro benzene ring substituents is 1. The van der Waals surface area contributed by atoms with Gasteiger partial charge in [-0.15, -0.1) is 0 Å². The van der Waals surface area contributed by atoms with Gasteiger partial charge in [-0.25, -0.2) is 9.78 Å². The molecule has 1 N–H and O–H groups in total. The van der Waals surface area contributed by atoms with Crippen molar-refractivity contribution >= 4 is 45.9 Å². The van der Waals surface area contributed by atoms with Gasteiger partial charge in [-0.05, 0) is 39.0 Å². The van der Waals surface area contributed by atoms with E-state index in [1.165, 1.54) is 25.3 Å². The van der Waals surface area contributed by atoms with E-state index in [2.05, 4.69) is 10.3 Å². The van der Waals surface area contributed by atoms with Crippen LogP contribution >= 0.6 is 11.6 Å². The average molecular weight is 459 g/mol. The van der Waals surface area contributed by atoms with Crippen molar-refractivity contribution in [3.63, 3.8) is 0 Å². The SMILES string of the molecule is CCn1cc(C(=O)OC(C)C(=O)Nc2cc([N+](=O)[O-])ccc2Cl)c(=O)c2ccc(C)nc21. The van der Waals surface area contributed by atoms with Gasteiger partial charge in [0.15, 0.2) is 6.10 Å². The number of aromatic nitrogens is 2. The van der Waals surface area contributed by atoms with Gasteiger partial charge in [0.1, 0.15) is 11.2 Å². The van der Waals surface area contributed by atoms with E-state index in [4.69, 9.17) is 16.3 Å². The van der Waals surface area contributed by atoms with Gasteiger partial charge in [0, 0.05) is 30.6 Å². The number of esters is 1. The number of carbonyl (C=O) groups excluding carboxylic acids is 2. The fraction of sp³-hybridized carbons (Fsp3) is 0.238. The highest BCUT2D eigenvalue weighted by atomic mass is 35.5. The number of nitro benzene ring substituents is 1. The molecule has 32 heavy (non-hydrogen) atoms. The lowest BCUT2D eigenvalue weighted by Crippen LogP contribution is -2.32. The van der Waals surface area contributed by atoms with Crippen LogP contribution in [0.25, 0.3) is 11.0 Å². The van der Waals surface area contributed by atoms with Gasteiger partial charge in [-0.3, -0.25) is 19.7 Å². The fourth-order valence-electron chi connectivity index (χ4n) is 2.98. The van der Waals surface area contributed by atoms with Crippen LogP contribution in [0.1, 0.15) is 29.9 Å². The minimum Gasteiger partial charge on any atom is -0.449 e. The van der Waals surface area contributed by atoms with Crippen LogP contribution in [0, 0.1) is 17.0 Å². The lowest BCUT2D eigenvalue weighted by molar-refractivity contribution is -0.384. The molecular weight excluding hydrogens is 440 g/mol. The molecule has 0 aliphatic heterocycles. The molecule has 0 aliphatic carbocycles. The first-order valence-corrected chi connectivity index (χ1v) is 9.96. The summed E-state index contributed by atoms with van der Waals surface area (Å²) in [5.41, 5.74) is 0.0954. The first-order chi connectivity index (χ1) is 15.1. The summed E-state index contributed by atoms with van der Waals surface area (Å²) in [5, 5.41) is 13.6. The number of fused-ring (bicyclic) bond motifs is 1. The lowest BCUT2D eigenvalue weighted by Gasteiger charge is -2.15. The summed E-state index contributed by atoms with van der Waals surface area (Å²) in [6.45, 7) is 5.39. The Morgan fingerprint density at radius 1 is 1.31 bits per heavy atom. The predicted molar refractivity (Wildman–Crippen MR) is 118 cm³/mol. The zero-order valence-corrected chi connectivity index (χ0v) is 18.2. The molecule has 0 saturated carbocycles. The van der Waals surface area contributed by atoms with E-state index in [1.54, 1.807) is 23.6 Å². The smallest absolute Gasteiger partial charge is 0.344 e. The zero-order valence-electron chi connectivity index (χ0n) is 17.4. The number of carbonyl (C=O) groups is 2. The molecule has 166 valence electrons. The molecule has 0 radical (unpaired) electrons. The van der Waals surface area contributed by atoms with Gasteiger partial charge in [0.2, 0.25) is 5.43 Å². The Morgan fingerprint density at radius 2 is 2.03 bits per heavy atom. The maximum atomic E-state index is 12.8. The van der Waals surface area contributed by atoms with Crippen LogP contribution in [0.2, 0.25) is 5.02 Å². The fourth-order valence-corrected chi connectivity index (χ4v) is 3.15. The van der Waals surface area contributed by atoms with Crippen LogP contribution in [0.15, 0.2) is 41.3 Å². The normalized spacial score (nSPS) is 11.8. The standard InChI is InChI=1S/C21H19ClN4O6/c1-4-25-10-15(18(27)14-7-5-11(2)23-19(14)25)21(29)32-12(3)20(28)24-17-9-13(26(30)31)6-8-16(17)22/h5-10,12H,4H2,1-3H3,(H,24,28). The third kappa shape index (κ3) is 4.59. The molecule has 1 atom stereocenters. The van der Waals surface area contributed by atoms with Crippen LogP contribution in [-0.4, -0.2) is 32.5 Å². The van der Waals surface area contributed by atoms with E-state index in [1.807, 2.05) is 6.92 Å². The predicted octanol–water partition coefficient (Wildman–Crippen LogP) is 3.47. The van der Waals surface area contributed by atoms with Crippen molar-refractivity contribution in [2.75, 3.05) is 5.32 Å². The summed E-state index contributed by atoms with van der Waals surface area (Å²) in [5.74, 6) is -1.75. The average Bonchev–Trinajstić information content (AvgIpc) is 2.75. The van der Waals surface area contributed by atoms with Crippen LogP contribution < -0.4 is 10.7 Å². The van der Waals surface area contributed by atoms with Gasteiger partial charge in [0.25, 0.3) is 11.6 Å². The highest BCUT2D eigenvalue weighted by molar-refractivity contribution is 6.33. The minimum absolute atomic E-state index is 0.00532. The van der Waals surface area contributed by atoms with E-state index in [9.17, 15) is 24.5 Å². The molecule has 11 heteroatoms. The molecule has 0 spiro atoms. The quantitative estimate of drug-likeness (QED) is 0.339. The van der Waals surface area contributed by atoms with Crippen LogP contribution in [-0.2, 0) is 16.1 Å². The zero-order chi connectivity index (χ0) is 23.6. The molecule has 2 aromatic heterocycles.